The van der Waals surface area contributed by atoms with E-state index in [1.807, 2.05) is 47.8 Å². The molecule has 3 amide bonds. The van der Waals surface area contributed by atoms with Gasteiger partial charge in [0.15, 0.2) is 5.01 Å². The number of nitrogens with one attached hydrogen (secondary N) is 1. The van der Waals surface area contributed by atoms with Crippen molar-refractivity contribution in [3.8, 4) is 12.3 Å². The molecule has 7 nitrogen and oxygen atoms in total. The van der Waals surface area contributed by atoms with Gasteiger partial charge in [-0.1, -0.05) is 36.4 Å². The van der Waals surface area contributed by atoms with Crippen LogP contribution in [0.5, 0.6) is 0 Å². The SMILES string of the molecule is C#Cc1nc(C(=O)N2CCN(C(C(=O)Nc3ccccc3)c3csc4ccccc34)C(=O)C2)cs1. The minimum atomic E-state index is -0.830. The van der Waals surface area contributed by atoms with Crippen LogP contribution in [0.2, 0.25) is 0 Å². The van der Waals surface area contributed by atoms with Crippen molar-refractivity contribution in [2.24, 2.45) is 0 Å². The van der Waals surface area contributed by atoms with Crippen LogP contribution < -0.4 is 5.32 Å². The molecule has 1 aliphatic heterocycles. The highest BCUT2D eigenvalue weighted by Crippen LogP contribution is 2.35. The van der Waals surface area contributed by atoms with Gasteiger partial charge in [-0.05, 0) is 34.9 Å². The van der Waals surface area contributed by atoms with E-state index in [0.29, 0.717) is 10.7 Å². The lowest BCUT2D eigenvalue weighted by Crippen LogP contribution is -2.55. The molecule has 1 unspecified atom stereocenters. The number of benzene rings is 2. The molecule has 3 heterocycles. The number of carbonyl (C=O) groups is 3. The van der Waals surface area contributed by atoms with Crippen LogP contribution >= 0.6 is 22.7 Å². The molecule has 2 aromatic carbocycles. The third-order valence-electron chi connectivity index (χ3n) is 5.80. The summed E-state index contributed by atoms with van der Waals surface area (Å²) in [6.45, 7) is 0.358. The average Bonchev–Trinajstić information content (AvgIpc) is 3.53. The quantitative estimate of drug-likeness (QED) is 0.420. The van der Waals surface area contributed by atoms with E-state index in [0.717, 1.165) is 15.6 Å². The maximum Gasteiger partial charge on any atom is 0.273 e. The Morgan fingerprint density at radius 3 is 2.54 bits per heavy atom. The number of thiophene rings is 1. The molecule has 0 aliphatic carbocycles. The molecule has 1 fully saturated rings. The average molecular weight is 501 g/mol. The van der Waals surface area contributed by atoms with E-state index in [9.17, 15) is 14.4 Å². The number of amides is 3. The van der Waals surface area contributed by atoms with Crippen molar-refractivity contribution >= 4 is 56.2 Å². The van der Waals surface area contributed by atoms with Gasteiger partial charge in [-0.2, -0.15) is 0 Å². The van der Waals surface area contributed by atoms with Crippen molar-refractivity contribution in [3.05, 3.63) is 81.6 Å². The monoisotopic (exact) mass is 500 g/mol. The van der Waals surface area contributed by atoms with Gasteiger partial charge in [-0.15, -0.1) is 29.1 Å². The molecule has 0 radical (unpaired) electrons. The minimum Gasteiger partial charge on any atom is -0.326 e. The summed E-state index contributed by atoms with van der Waals surface area (Å²) in [5.74, 6) is 1.47. The van der Waals surface area contributed by atoms with Crippen LogP contribution in [0.3, 0.4) is 0 Å². The molecule has 0 bridgehead atoms. The zero-order chi connectivity index (χ0) is 24.4. The lowest BCUT2D eigenvalue weighted by molar-refractivity contribution is -0.142. The van der Waals surface area contributed by atoms with Gasteiger partial charge in [0.2, 0.25) is 5.91 Å². The number of para-hydroxylation sites is 1. The van der Waals surface area contributed by atoms with E-state index in [1.165, 1.54) is 27.6 Å². The molecule has 1 aliphatic rings. The van der Waals surface area contributed by atoms with E-state index in [1.54, 1.807) is 22.4 Å². The zero-order valence-electron chi connectivity index (χ0n) is 18.5. The fourth-order valence-corrected chi connectivity index (χ4v) is 5.70. The van der Waals surface area contributed by atoms with Crippen molar-refractivity contribution in [3.63, 3.8) is 0 Å². The Bertz CT molecular complexity index is 1450. The van der Waals surface area contributed by atoms with E-state index in [2.05, 4.69) is 16.2 Å². The molecular formula is C26H20N4O3S2. The molecule has 35 heavy (non-hydrogen) atoms. The third-order valence-corrected chi connectivity index (χ3v) is 7.55. The van der Waals surface area contributed by atoms with Gasteiger partial charge in [0.1, 0.15) is 18.3 Å². The molecule has 1 atom stereocenters. The van der Waals surface area contributed by atoms with E-state index in [4.69, 9.17) is 6.42 Å². The number of carbonyl (C=O) groups excluding carboxylic acids is 3. The second-order valence-electron chi connectivity index (χ2n) is 7.94. The van der Waals surface area contributed by atoms with Crippen LogP contribution in [0.1, 0.15) is 27.1 Å². The lowest BCUT2D eigenvalue weighted by atomic mass is 10.0. The van der Waals surface area contributed by atoms with Gasteiger partial charge < -0.3 is 15.1 Å². The van der Waals surface area contributed by atoms with Crippen molar-refractivity contribution in [2.75, 3.05) is 25.0 Å². The van der Waals surface area contributed by atoms with Crippen LogP contribution in [-0.4, -0.2) is 52.1 Å². The number of aromatic nitrogens is 1. The Hall–Kier alpha value is -4.00. The number of nitrogens with zero attached hydrogens (tertiary/aromatic N) is 3. The third kappa shape index (κ3) is 4.54. The Morgan fingerprint density at radius 2 is 1.80 bits per heavy atom. The fourth-order valence-electron chi connectivity index (χ4n) is 4.13. The molecule has 0 spiro atoms. The van der Waals surface area contributed by atoms with Crippen LogP contribution in [-0.2, 0) is 9.59 Å². The summed E-state index contributed by atoms with van der Waals surface area (Å²) in [5.41, 5.74) is 1.65. The summed E-state index contributed by atoms with van der Waals surface area (Å²) in [6, 6.07) is 16.1. The van der Waals surface area contributed by atoms with Crippen LogP contribution in [0.15, 0.2) is 65.4 Å². The summed E-state index contributed by atoms with van der Waals surface area (Å²) in [5, 5.41) is 7.83. The minimum absolute atomic E-state index is 0.140. The number of fused-ring (bicyclic) bond motifs is 1. The highest BCUT2D eigenvalue weighted by Gasteiger charge is 2.38. The number of anilines is 1. The molecule has 9 heteroatoms. The topological polar surface area (TPSA) is 82.6 Å². The lowest BCUT2D eigenvalue weighted by Gasteiger charge is -2.38. The maximum atomic E-state index is 13.6. The predicted octanol–water partition coefficient (Wildman–Crippen LogP) is 4.00. The van der Waals surface area contributed by atoms with E-state index < -0.39 is 6.04 Å². The van der Waals surface area contributed by atoms with Crippen molar-refractivity contribution in [1.29, 1.82) is 0 Å². The number of hydrogen-bond donors (Lipinski definition) is 1. The van der Waals surface area contributed by atoms with Crippen molar-refractivity contribution < 1.29 is 14.4 Å². The smallest absolute Gasteiger partial charge is 0.273 e. The maximum absolute atomic E-state index is 13.6. The molecule has 1 saturated heterocycles. The van der Waals surface area contributed by atoms with Crippen molar-refractivity contribution in [1.82, 2.24) is 14.8 Å². The molecule has 2 aromatic heterocycles. The van der Waals surface area contributed by atoms with E-state index >= 15 is 0 Å². The molecular weight excluding hydrogens is 480 g/mol. The van der Waals surface area contributed by atoms with Crippen LogP contribution in [0, 0.1) is 12.3 Å². The van der Waals surface area contributed by atoms with Crippen LogP contribution in [0.25, 0.3) is 10.1 Å². The van der Waals surface area contributed by atoms with Gasteiger partial charge in [-0.25, -0.2) is 4.98 Å². The largest absolute Gasteiger partial charge is 0.326 e. The predicted molar refractivity (Wildman–Crippen MR) is 137 cm³/mol. The number of terminal acetylenes is 1. The summed E-state index contributed by atoms with van der Waals surface area (Å²) in [4.78, 5) is 46.9. The Kier molecular flexibility index (Phi) is 6.31. The van der Waals surface area contributed by atoms with E-state index in [-0.39, 0.29) is 43.0 Å². The fraction of sp³-hybridized carbons (Fsp3) is 0.154. The Labute approximate surface area is 210 Å². The Balaban J connectivity index is 1.43. The standard InChI is InChI=1S/C26H20N4O3S2/c1-2-22-28-20(16-35-22)26(33)29-12-13-30(23(31)14-29)24(25(32)27-17-8-4-3-5-9-17)19-15-34-21-11-7-6-10-18(19)21/h1,3-11,15-16,24H,12-14H2,(H,27,32). The van der Waals surface area contributed by atoms with Crippen LogP contribution in [0.4, 0.5) is 5.69 Å². The second kappa shape index (κ2) is 9.70. The first-order valence-corrected chi connectivity index (χ1v) is 12.6. The normalized spacial score (nSPS) is 14.5. The molecule has 0 saturated carbocycles. The van der Waals surface area contributed by atoms with Gasteiger partial charge in [0.05, 0.1) is 0 Å². The van der Waals surface area contributed by atoms with Crippen molar-refractivity contribution in [2.45, 2.75) is 6.04 Å². The van der Waals surface area contributed by atoms with Gasteiger partial charge in [-0.3, -0.25) is 14.4 Å². The first kappa shape index (κ1) is 22.8. The zero-order valence-corrected chi connectivity index (χ0v) is 20.1. The molecule has 174 valence electrons. The number of rotatable bonds is 5. The van der Waals surface area contributed by atoms with Gasteiger partial charge in [0.25, 0.3) is 11.8 Å². The number of piperazine rings is 1. The van der Waals surface area contributed by atoms with Gasteiger partial charge >= 0.3 is 0 Å². The number of thiazole rings is 1. The Morgan fingerprint density at radius 1 is 1.03 bits per heavy atom. The summed E-state index contributed by atoms with van der Waals surface area (Å²) in [6.07, 6.45) is 5.36. The first-order chi connectivity index (χ1) is 17.0. The molecule has 5 rings (SSSR count). The summed E-state index contributed by atoms with van der Waals surface area (Å²) < 4.78 is 1.04. The highest BCUT2D eigenvalue weighted by atomic mass is 32.1. The highest BCUT2D eigenvalue weighted by molar-refractivity contribution is 7.17. The van der Waals surface area contributed by atoms with Gasteiger partial charge in [0, 0.05) is 34.4 Å². The molecule has 1 N–H and O–H groups in total. The summed E-state index contributed by atoms with van der Waals surface area (Å²) in [7, 11) is 0. The second-order valence-corrected chi connectivity index (χ2v) is 9.71. The summed E-state index contributed by atoms with van der Waals surface area (Å²) >= 11 is 2.74. The first-order valence-electron chi connectivity index (χ1n) is 10.9. The molecule has 4 aromatic rings. The number of hydrogen-bond acceptors (Lipinski definition) is 6.